The van der Waals surface area contributed by atoms with E-state index >= 15 is 0 Å². The van der Waals surface area contributed by atoms with E-state index in [0.29, 0.717) is 24.3 Å². The van der Waals surface area contributed by atoms with Gasteiger partial charge in [-0.25, -0.2) is 4.39 Å². The van der Waals surface area contributed by atoms with Crippen molar-refractivity contribution in [2.24, 2.45) is 0 Å². The van der Waals surface area contributed by atoms with Crippen molar-refractivity contribution in [2.75, 3.05) is 11.9 Å². The molecule has 86 valence electrons. The smallest absolute Gasteiger partial charge is 0.147 e. The molecule has 2 rings (SSSR count). The van der Waals surface area contributed by atoms with Crippen molar-refractivity contribution in [2.45, 2.75) is 6.54 Å². The first-order valence-corrected chi connectivity index (χ1v) is 5.07. The summed E-state index contributed by atoms with van der Waals surface area (Å²) in [6, 6.07) is 6.21. The minimum Gasteiger partial charge on any atom is -0.381 e. The molecule has 0 aliphatic rings. The van der Waals surface area contributed by atoms with Crippen molar-refractivity contribution >= 4 is 5.69 Å². The Bertz CT molecular complexity index is 529. The summed E-state index contributed by atoms with van der Waals surface area (Å²) >= 11 is 0. The average molecular weight is 231 g/mol. The molecular formula is C11H10FN5. The molecule has 1 aromatic carbocycles. The fraction of sp³-hybridized carbons (Fsp3) is 0.182. The summed E-state index contributed by atoms with van der Waals surface area (Å²) in [4.78, 5) is 0. The van der Waals surface area contributed by atoms with Crippen LogP contribution in [0, 0.1) is 17.1 Å². The molecule has 0 saturated heterocycles. The highest BCUT2D eigenvalue weighted by atomic mass is 19.1. The van der Waals surface area contributed by atoms with Crippen LogP contribution < -0.4 is 5.32 Å². The summed E-state index contributed by atoms with van der Waals surface area (Å²) in [6.45, 7) is 1.13. The van der Waals surface area contributed by atoms with Crippen molar-refractivity contribution < 1.29 is 4.39 Å². The van der Waals surface area contributed by atoms with Crippen molar-refractivity contribution in [3.8, 4) is 6.07 Å². The number of nitriles is 1. The number of hydrogen-bond donors (Lipinski definition) is 1. The van der Waals surface area contributed by atoms with E-state index in [1.54, 1.807) is 29.2 Å². The molecule has 0 aliphatic carbocycles. The second-order valence-corrected chi connectivity index (χ2v) is 3.40. The van der Waals surface area contributed by atoms with E-state index < -0.39 is 5.82 Å². The molecular weight excluding hydrogens is 221 g/mol. The molecule has 1 heterocycles. The number of benzene rings is 1. The maximum absolute atomic E-state index is 13.5. The molecule has 6 heteroatoms. The summed E-state index contributed by atoms with van der Waals surface area (Å²) in [7, 11) is 0. The summed E-state index contributed by atoms with van der Waals surface area (Å²) in [5, 5.41) is 19.0. The van der Waals surface area contributed by atoms with E-state index in [0.717, 1.165) is 0 Å². The van der Waals surface area contributed by atoms with Crippen LogP contribution in [-0.4, -0.2) is 21.5 Å². The fourth-order valence-electron chi connectivity index (χ4n) is 1.39. The van der Waals surface area contributed by atoms with Gasteiger partial charge < -0.3 is 5.32 Å². The third-order valence-corrected chi connectivity index (χ3v) is 2.23. The van der Waals surface area contributed by atoms with Gasteiger partial charge in [-0.05, 0) is 18.2 Å². The largest absolute Gasteiger partial charge is 0.381 e. The Kier molecular flexibility index (Phi) is 3.31. The molecule has 0 atom stereocenters. The standard InChI is InChI=1S/C11H10FN5/c12-10-7-9(8-13)1-2-11(10)14-3-5-17-6-4-15-16-17/h1-2,4,6-7,14H,3,5H2. The summed E-state index contributed by atoms with van der Waals surface area (Å²) < 4.78 is 15.1. The summed E-state index contributed by atoms with van der Waals surface area (Å²) in [6.07, 6.45) is 3.32. The van der Waals surface area contributed by atoms with E-state index in [4.69, 9.17) is 5.26 Å². The first-order valence-electron chi connectivity index (χ1n) is 5.07. The third kappa shape index (κ3) is 2.78. The molecule has 0 amide bonds. The lowest BCUT2D eigenvalue weighted by atomic mass is 10.2. The topological polar surface area (TPSA) is 66.5 Å². The minimum atomic E-state index is -0.428. The molecule has 0 saturated carbocycles. The lowest BCUT2D eigenvalue weighted by Gasteiger charge is -2.07. The molecule has 1 aromatic heterocycles. The van der Waals surface area contributed by atoms with Crippen LogP contribution in [0.25, 0.3) is 0 Å². The maximum Gasteiger partial charge on any atom is 0.147 e. The van der Waals surface area contributed by atoms with Gasteiger partial charge in [0, 0.05) is 12.7 Å². The molecule has 2 aromatic rings. The van der Waals surface area contributed by atoms with Gasteiger partial charge in [-0.2, -0.15) is 5.26 Å². The van der Waals surface area contributed by atoms with Crippen LogP contribution in [0.2, 0.25) is 0 Å². The van der Waals surface area contributed by atoms with Crippen LogP contribution in [0.1, 0.15) is 5.56 Å². The van der Waals surface area contributed by atoms with E-state index in [9.17, 15) is 4.39 Å². The zero-order chi connectivity index (χ0) is 12.1. The Morgan fingerprint density at radius 3 is 3.00 bits per heavy atom. The first-order chi connectivity index (χ1) is 8.29. The Labute approximate surface area is 97.5 Å². The van der Waals surface area contributed by atoms with E-state index in [1.165, 1.54) is 6.07 Å². The second-order valence-electron chi connectivity index (χ2n) is 3.40. The molecule has 0 unspecified atom stereocenters. The highest BCUT2D eigenvalue weighted by Crippen LogP contribution is 2.14. The molecule has 0 fully saturated rings. The van der Waals surface area contributed by atoms with Gasteiger partial charge in [-0.3, -0.25) is 4.68 Å². The maximum atomic E-state index is 13.5. The molecule has 0 radical (unpaired) electrons. The number of nitrogens with one attached hydrogen (secondary N) is 1. The Balaban J connectivity index is 1.93. The zero-order valence-corrected chi connectivity index (χ0v) is 8.97. The van der Waals surface area contributed by atoms with E-state index in [1.807, 2.05) is 6.07 Å². The first kappa shape index (κ1) is 11.1. The van der Waals surface area contributed by atoms with Gasteiger partial charge in [0.05, 0.1) is 30.1 Å². The van der Waals surface area contributed by atoms with Crippen LogP contribution in [0.4, 0.5) is 10.1 Å². The van der Waals surface area contributed by atoms with Crippen LogP contribution in [-0.2, 0) is 6.54 Å². The predicted octanol–water partition coefficient (Wildman–Crippen LogP) is 1.40. The van der Waals surface area contributed by atoms with Crippen molar-refractivity contribution in [3.63, 3.8) is 0 Å². The van der Waals surface area contributed by atoms with Gasteiger partial charge in [-0.15, -0.1) is 5.10 Å². The van der Waals surface area contributed by atoms with Crippen molar-refractivity contribution in [3.05, 3.63) is 42.0 Å². The van der Waals surface area contributed by atoms with E-state index in [2.05, 4.69) is 15.6 Å². The van der Waals surface area contributed by atoms with Crippen molar-refractivity contribution in [1.82, 2.24) is 15.0 Å². The van der Waals surface area contributed by atoms with Gasteiger partial charge >= 0.3 is 0 Å². The molecule has 0 bridgehead atoms. The quantitative estimate of drug-likeness (QED) is 0.863. The highest BCUT2D eigenvalue weighted by Gasteiger charge is 2.02. The molecule has 0 spiro atoms. The number of hydrogen-bond acceptors (Lipinski definition) is 4. The van der Waals surface area contributed by atoms with Crippen LogP contribution in [0.3, 0.4) is 0 Å². The molecule has 5 nitrogen and oxygen atoms in total. The third-order valence-electron chi connectivity index (χ3n) is 2.23. The number of nitrogens with zero attached hydrogens (tertiary/aromatic N) is 4. The Morgan fingerprint density at radius 1 is 1.47 bits per heavy atom. The van der Waals surface area contributed by atoms with E-state index in [-0.39, 0.29) is 0 Å². The average Bonchev–Trinajstić information content (AvgIpc) is 2.84. The summed E-state index contributed by atoms with van der Waals surface area (Å²) in [5.74, 6) is -0.428. The van der Waals surface area contributed by atoms with Gasteiger partial charge in [0.15, 0.2) is 0 Å². The normalized spacial score (nSPS) is 9.88. The number of aromatic nitrogens is 3. The number of anilines is 1. The fourth-order valence-corrected chi connectivity index (χ4v) is 1.39. The van der Waals surface area contributed by atoms with Crippen LogP contribution >= 0.6 is 0 Å². The number of rotatable bonds is 4. The zero-order valence-electron chi connectivity index (χ0n) is 8.97. The van der Waals surface area contributed by atoms with Gasteiger partial charge in [0.25, 0.3) is 0 Å². The molecule has 1 N–H and O–H groups in total. The van der Waals surface area contributed by atoms with Crippen LogP contribution in [0.15, 0.2) is 30.6 Å². The molecule has 17 heavy (non-hydrogen) atoms. The SMILES string of the molecule is N#Cc1ccc(NCCn2ccnn2)c(F)c1. The highest BCUT2D eigenvalue weighted by molar-refractivity contribution is 5.48. The Hall–Kier alpha value is -2.42. The lowest BCUT2D eigenvalue weighted by molar-refractivity contribution is 0.601. The minimum absolute atomic E-state index is 0.310. The lowest BCUT2D eigenvalue weighted by Crippen LogP contribution is -2.11. The molecule has 0 aliphatic heterocycles. The number of halogens is 1. The summed E-state index contributed by atoms with van der Waals surface area (Å²) in [5.41, 5.74) is 0.688. The van der Waals surface area contributed by atoms with Crippen molar-refractivity contribution in [1.29, 1.82) is 5.26 Å². The van der Waals surface area contributed by atoms with Crippen LogP contribution in [0.5, 0.6) is 0 Å². The monoisotopic (exact) mass is 231 g/mol. The predicted molar refractivity (Wildman–Crippen MR) is 59.6 cm³/mol. The Morgan fingerprint density at radius 2 is 2.35 bits per heavy atom. The van der Waals surface area contributed by atoms with Gasteiger partial charge in [0.2, 0.25) is 0 Å². The second kappa shape index (κ2) is 5.07. The van der Waals surface area contributed by atoms with Gasteiger partial charge in [0.1, 0.15) is 5.82 Å². The van der Waals surface area contributed by atoms with Gasteiger partial charge in [-0.1, -0.05) is 5.21 Å².